The van der Waals surface area contributed by atoms with Crippen LogP contribution in [0, 0.1) is 11.8 Å². The van der Waals surface area contributed by atoms with Crippen molar-refractivity contribution >= 4 is 11.7 Å². The van der Waals surface area contributed by atoms with Crippen LogP contribution in [-0.4, -0.2) is 50.5 Å². The van der Waals surface area contributed by atoms with Crippen LogP contribution in [0.25, 0.3) is 0 Å². The summed E-state index contributed by atoms with van der Waals surface area (Å²) in [5.41, 5.74) is -1.18. The number of Topliss-reactive ketones (excluding diaryl/α,β-unsaturated/α-hetero) is 1. The maximum Gasteiger partial charge on any atom is 0.416 e. The molecule has 4 rings (SSSR count). The largest absolute Gasteiger partial charge is 0.416 e. The van der Waals surface area contributed by atoms with Crippen molar-refractivity contribution in [3.05, 3.63) is 65.5 Å². The molecule has 2 N–H and O–H groups in total. The van der Waals surface area contributed by atoms with Crippen molar-refractivity contribution in [3.8, 4) is 0 Å². The predicted octanol–water partition coefficient (Wildman–Crippen LogP) is 5.13. The molecular weight excluding hydrogens is 497 g/mol. The van der Waals surface area contributed by atoms with Crippen LogP contribution in [0.15, 0.2) is 48.7 Å². The number of carbonyl (C=O) groups excluding carboxylic acids is 2. The van der Waals surface area contributed by atoms with Gasteiger partial charge in [-0.2, -0.15) is 13.2 Å². The Morgan fingerprint density at radius 1 is 1.11 bits per heavy atom. The van der Waals surface area contributed by atoms with E-state index in [4.69, 9.17) is 0 Å². The fraction of sp³-hybridized carbons (Fsp3) is 0.552. The highest BCUT2D eigenvalue weighted by atomic mass is 19.4. The number of hydrogen-bond acceptors (Lipinski definition) is 5. The van der Waals surface area contributed by atoms with Crippen LogP contribution < -0.4 is 0 Å². The zero-order valence-electron chi connectivity index (χ0n) is 21.5. The second-order valence-electron chi connectivity index (χ2n) is 10.9. The Balaban J connectivity index is 1.31. The number of amides is 1. The molecule has 0 radical (unpaired) electrons. The first kappa shape index (κ1) is 28.2. The smallest absolute Gasteiger partial charge is 0.391 e. The van der Waals surface area contributed by atoms with E-state index in [2.05, 4.69) is 4.98 Å². The number of hydrogen-bond donors (Lipinski definition) is 2. The second kappa shape index (κ2) is 11.5. The number of benzene rings is 1. The third-order valence-corrected chi connectivity index (χ3v) is 8.13. The van der Waals surface area contributed by atoms with Gasteiger partial charge >= 0.3 is 6.18 Å². The van der Waals surface area contributed by atoms with Gasteiger partial charge in [0.1, 0.15) is 5.60 Å². The Kier molecular flexibility index (Phi) is 8.57. The van der Waals surface area contributed by atoms with Crippen LogP contribution in [0.4, 0.5) is 13.2 Å². The van der Waals surface area contributed by atoms with Crippen molar-refractivity contribution in [1.82, 2.24) is 9.88 Å². The number of rotatable bonds is 8. The van der Waals surface area contributed by atoms with E-state index in [9.17, 15) is 33.0 Å². The third kappa shape index (κ3) is 6.61. The fourth-order valence-electron chi connectivity index (χ4n) is 6.01. The van der Waals surface area contributed by atoms with Crippen LogP contribution in [0.1, 0.15) is 79.9 Å². The van der Waals surface area contributed by atoms with E-state index in [0.717, 1.165) is 31.4 Å². The minimum absolute atomic E-state index is 0.0676. The van der Waals surface area contributed by atoms with Gasteiger partial charge in [-0.15, -0.1) is 0 Å². The standard InChI is InChI=1S/C29H35F3N2O4/c1-19(35)24-16-21(15-20-10-12-28(38,13-11-20)26-7-2-3-14-33-26)18-34(24)27(37)9-8-25(36)22-5-4-6-23(17-22)29(30,31)32/h2-7,14,17,19-21,24,35,38H,8-13,15-16,18H2,1H3/t19?,20?,21?,24-,28?/m0/s1. The molecule has 1 aromatic carbocycles. The topological polar surface area (TPSA) is 90.7 Å². The normalized spacial score (nSPS) is 26.8. The van der Waals surface area contributed by atoms with Crippen LogP contribution in [-0.2, 0) is 16.6 Å². The van der Waals surface area contributed by atoms with Gasteiger partial charge in [0, 0.05) is 31.1 Å². The number of aliphatic hydroxyl groups excluding tert-OH is 1. The average Bonchev–Trinajstić information content (AvgIpc) is 3.33. The molecule has 1 aliphatic carbocycles. The van der Waals surface area contributed by atoms with Crippen LogP contribution in [0.2, 0.25) is 0 Å². The van der Waals surface area contributed by atoms with Crippen LogP contribution in [0.5, 0.6) is 0 Å². The first-order chi connectivity index (χ1) is 18.0. The highest BCUT2D eigenvalue weighted by Crippen LogP contribution is 2.42. The zero-order chi connectivity index (χ0) is 27.5. The number of carbonyl (C=O) groups is 2. The van der Waals surface area contributed by atoms with E-state index in [1.54, 1.807) is 18.0 Å². The van der Waals surface area contributed by atoms with Gasteiger partial charge in [0.25, 0.3) is 0 Å². The molecule has 3 atom stereocenters. The van der Waals surface area contributed by atoms with Crippen LogP contribution in [0.3, 0.4) is 0 Å². The average molecular weight is 533 g/mol. The molecule has 1 aromatic heterocycles. The van der Waals surface area contributed by atoms with Crippen molar-refractivity contribution in [2.24, 2.45) is 11.8 Å². The summed E-state index contributed by atoms with van der Waals surface area (Å²) in [6.45, 7) is 2.13. The van der Waals surface area contributed by atoms with Gasteiger partial charge in [0.15, 0.2) is 5.78 Å². The lowest BCUT2D eigenvalue weighted by Crippen LogP contribution is -2.41. The number of aliphatic hydroxyl groups is 2. The molecule has 2 aromatic rings. The van der Waals surface area contributed by atoms with Crippen LogP contribution >= 0.6 is 0 Å². The first-order valence-corrected chi connectivity index (χ1v) is 13.3. The number of pyridine rings is 1. The molecule has 2 unspecified atom stereocenters. The van der Waals surface area contributed by atoms with Crippen molar-refractivity contribution < 1.29 is 33.0 Å². The third-order valence-electron chi connectivity index (χ3n) is 8.13. The number of halogens is 3. The second-order valence-corrected chi connectivity index (χ2v) is 10.9. The number of ketones is 1. The van der Waals surface area contributed by atoms with Crippen molar-refractivity contribution in [2.45, 2.75) is 82.2 Å². The van der Waals surface area contributed by atoms with Gasteiger partial charge in [-0.25, -0.2) is 0 Å². The van der Waals surface area contributed by atoms with Gasteiger partial charge in [0.2, 0.25) is 5.91 Å². The maximum absolute atomic E-state index is 13.0. The lowest BCUT2D eigenvalue weighted by atomic mass is 9.74. The summed E-state index contributed by atoms with van der Waals surface area (Å²) in [6.07, 6.45) is 0.593. The molecule has 2 aliphatic rings. The molecule has 2 heterocycles. The molecular formula is C29H35F3N2O4. The van der Waals surface area contributed by atoms with Crippen molar-refractivity contribution in [3.63, 3.8) is 0 Å². The Hall–Kier alpha value is -2.78. The molecule has 6 nitrogen and oxygen atoms in total. The molecule has 1 saturated heterocycles. The number of alkyl halides is 3. The van der Waals surface area contributed by atoms with Gasteiger partial charge in [-0.05, 0) is 81.5 Å². The Labute approximate surface area is 220 Å². The summed E-state index contributed by atoms with van der Waals surface area (Å²) < 4.78 is 38.9. The summed E-state index contributed by atoms with van der Waals surface area (Å²) in [7, 11) is 0. The molecule has 1 amide bonds. The van der Waals surface area contributed by atoms with E-state index in [0.29, 0.717) is 37.4 Å². The minimum Gasteiger partial charge on any atom is -0.391 e. The van der Waals surface area contributed by atoms with Crippen molar-refractivity contribution in [1.29, 1.82) is 0 Å². The Morgan fingerprint density at radius 3 is 2.47 bits per heavy atom. The highest BCUT2D eigenvalue weighted by molar-refractivity contribution is 5.98. The molecule has 0 bridgehead atoms. The molecule has 1 saturated carbocycles. The number of nitrogens with zero attached hydrogens (tertiary/aromatic N) is 2. The van der Waals surface area contributed by atoms with Gasteiger partial charge in [-0.1, -0.05) is 18.2 Å². The monoisotopic (exact) mass is 532 g/mol. The zero-order valence-corrected chi connectivity index (χ0v) is 21.5. The molecule has 38 heavy (non-hydrogen) atoms. The van der Waals surface area contributed by atoms with Crippen molar-refractivity contribution in [2.75, 3.05) is 6.54 Å². The van der Waals surface area contributed by atoms with E-state index >= 15 is 0 Å². The fourth-order valence-corrected chi connectivity index (χ4v) is 6.01. The lowest BCUT2D eigenvalue weighted by molar-refractivity contribution is -0.137. The van der Waals surface area contributed by atoms with E-state index < -0.39 is 29.2 Å². The Bertz CT molecular complexity index is 1110. The quantitative estimate of drug-likeness (QED) is 0.460. The Morgan fingerprint density at radius 2 is 1.84 bits per heavy atom. The molecule has 0 spiro atoms. The van der Waals surface area contributed by atoms with E-state index in [1.807, 2.05) is 18.2 Å². The summed E-state index contributed by atoms with van der Waals surface area (Å²) in [5.74, 6) is -0.191. The summed E-state index contributed by atoms with van der Waals surface area (Å²) in [6, 6.07) is 9.43. The summed E-state index contributed by atoms with van der Waals surface area (Å²) in [4.78, 5) is 31.5. The van der Waals surface area contributed by atoms with Gasteiger partial charge in [0.05, 0.1) is 23.4 Å². The van der Waals surface area contributed by atoms with E-state index in [-0.39, 0.29) is 36.3 Å². The minimum atomic E-state index is -4.55. The molecule has 1 aliphatic heterocycles. The first-order valence-electron chi connectivity index (χ1n) is 13.3. The summed E-state index contributed by atoms with van der Waals surface area (Å²) in [5, 5.41) is 21.4. The lowest BCUT2D eigenvalue weighted by Gasteiger charge is -2.36. The summed E-state index contributed by atoms with van der Waals surface area (Å²) >= 11 is 0. The molecule has 9 heteroatoms. The van der Waals surface area contributed by atoms with Gasteiger partial charge < -0.3 is 15.1 Å². The number of likely N-dealkylation sites (tertiary alicyclic amines) is 1. The molecule has 206 valence electrons. The highest BCUT2D eigenvalue weighted by Gasteiger charge is 2.41. The maximum atomic E-state index is 13.0. The van der Waals surface area contributed by atoms with Gasteiger partial charge in [-0.3, -0.25) is 14.6 Å². The molecule has 2 fully saturated rings. The SMILES string of the molecule is CC(O)[C@@H]1CC(CC2CCC(O)(c3ccccn3)CC2)CN1C(=O)CCC(=O)c1cccc(C(F)(F)F)c1. The predicted molar refractivity (Wildman–Crippen MR) is 135 cm³/mol. The number of aromatic nitrogens is 1. The van der Waals surface area contributed by atoms with E-state index in [1.165, 1.54) is 12.1 Å².